The van der Waals surface area contributed by atoms with Crippen molar-refractivity contribution in [1.29, 1.82) is 0 Å². The summed E-state index contributed by atoms with van der Waals surface area (Å²) in [6.07, 6.45) is 0.769. The fourth-order valence-electron chi connectivity index (χ4n) is 1.52. The first kappa shape index (κ1) is 16.1. The maximum Gasteiger partial charge on any atom is 0.250 e. The van der Waals surface area contributed by atoms with E-state index < -0.39 is 11.7 Å². The number of hydrogen-bond donors (Lipinski definition) is 3. The van der Waals surface area contributed by atoms with Gasteiger partial charge in [0.2, 0.25) is 11.8 Å². The average Bonchev–Trinajstić information content (AvgIpc) is 2.40. The molecular weight excluding hydrogens is 265 g/mol. The molecule has 0 spiro atoms. The molecule has 0 unspecified atom stereocenters. The summed E-state index contributed by atoms with van der Waals surface area (Å²) >= 11 is 0. The van der Waals surface area contributed by atoms with Gasteiger partial charge in [0.1, 0.15) is 12.4 Å². The summed E-state index contributed by atoms with van der Waals surface area (Å²) in [5.41, 5.74) is 5.83. The lowest BCUT2D eigenvalue weighted by molar-refractivity contribution is -0.119. The van der Waals surface area contributed by atoms with Gasteiger partial charge >= 0.3 is 0 Å². The number of nitrogens with one attached hydrogen (secondary N) is 2. The fraction of sp³-hybridized carbons (Fsp3) is 0.385. The first-order valence-corrected chi connectivity index (χ1v) is 6.15. The van der Waals surface area contributed by atoms with Crippen LogP contribution in [-0.4, -0.2) is 32.1 Å². The highest BCUT2D eigenvalue weighted by molar-refractivity contribution is 5.99. The Balaban J connectivity index is 2.79. The van der Waals surface area contributed by atoms with Gasteiger partial charge in [-0.1, -0.05) is 0 Å². The Labute approximate surface area is 116 Å². The Bertz CT molecular complexity index is 480. The number of nitrogens with two attached hydrogens (primary N) is 1. The minimum absolute atomic E-state index is 0.127. The Morgan fingerprint density at radius 1 is 1.25 bits per heavy atom. The number of hydrogen-bond acceptors (Lipinski definition) is 4. The molecule has 0 aliphatic rings. The Morgan fingerprint density at radius 2 is 1.95 bits per heavy atom. The van der Waals surface area contributed by atoms with Crippen LogP contribution in [-0.2, 0) is 14.3 Å². The molecule has 0 fully saturated rings. The molecule has 1 aromatic carbocycles. The van der Waals surface area contributed by atoms with Gasteiger partial charge in [0.25, 0.3) is 0 Å². The second-order valence-corrected chi connectivity index (χ2v) is 4.11. The molecule has 4 N–H and O–H groups in total. The summed E-state index contributed by atoms with van der Waals surface area (Å²) < 4.78 is 17.9. The van der Waals surface area contributed by atoms with E-state index in [1.165, 1.54) is 19.2 Å². The van der Waals surface area contributed by atoms with Crippen LogP contribution in [0.3, 0.4) is 0 Å². The lowest BCUT2D eigenvalue weighted by Gasteiger charge is -2.12. The number of rotatable bonds is 7. The van der Waals surface area contributed by atoms with Gasteiger partial charge in [-0.05, 0) is 31.2 Å². The zero-order valence-corrected chi connectivity index (χ0v) is 11.2. The molecule has 0 aliphatic heterocycles. The number of methoxy groups -OCH3 is 1. The summed E-state index contributed by atoms with van der Waals surface area (Å²) in [5.74, 6) is -1.19. The second-order valence-electron chi connectivity index (χ2n) is 4.11. The predicted molar refractivity (Wildman–Crippen MR) is 73.8 cm³/mol. The van der Waals surface area contributed by atoms with Crippen molar-refractivity contribution in [3.63, 3.8) is 0 Å². The first-order chi connectivity index (χ1) is 9.56. The number of ether oxygens (including phenoxy) is 1. The van der Waals surface area contributed by atoms with Crippen molar-refractivity contribution in [2.75, 3.05) is 30.9 Å². The Kier molecular flexibility index (Phi) is 6.61. The zero-order chi connectivity index (χ0) is 15.0. The van der Waals surface area contributed by atoms with Crippen LogP contribution in [0.1, 0.15) is 12.8 Å². The third-order valence-corrected chi connectivity index (χ3v) is 2.41. The summed E-state index contributed by atoms with van der Waals surface area (Å²) in [6.45, 7) is 0.270. The highest BCUT2D eigenvalue weighted by Gasteiger charge is 2.10. The number of carbonyl (C=O) groups is 2. The van der Waals surface area contributed by atoms with Crippen molar-refractivity contribution in [3.05, 3.63) is 24.0 Å². The minimum Gasteiger partial charge on any atom is -0.375 e. The van der Waals surface area contributed by atoms with E-state index in [1.807, 2.05) is 0 Å². The smallest absolute Gasteiger partial charge is 0.250 e. The highest BCUT2D eigenvalue weighted by atomic mass is 19.1. The van der Waals surface area contributed by atoms with Crippen molar-refractivity contribution in [2.45, 2.75) is 12.8 Å². The Hall–Kier alpha value is -1.99. The lowest BCUT2D eigenvalue weighted by Crippen LogP contribution is -2.20. The van der Waals surface area contributed by atoms with Crippen molar-refractivity contribution in [1.82, 2.24) is 0 Å². The molecule has 7 heteroatoms. The second kappa shape index (κ2) is 8.23. The predicted octanol–water partition coefficient (Wildman–Crippen LogP) is 1.09. The molecular formula is C13H18FN3O3. The largest absolute Gasteiger partial charge is 0.375 e. The third-order valence-electron chi connectivity index (χ3n) is 2.41. The zero-order valence-electron chi connectivity index (χ0n) is 11.2. The van der Waals surface area contributed by atoms with Crippen molar-refractivity contribution < 1.29 is 18.7 Å². The van der Waals surface area contributed by atoms with Gasteiger partial charge in [0.15, 0.2) is 0 Å². The van der Waals surface area contributed by atoms with Gasteiger partial charge in [-0.2, -0.15) is 0 Å². The summed E-state index contributed by atoms with van der Waals surface area (Å²) in [4.78, 5) is 23.1. The molecule has 0 radical (unpaired) electrons. The molecule has 6 nitrogen and oxygen atoms in total. The van der Waals surface area contributed by atoms with Crippen LogP contribution in [0.15, 0.2) is 18.2 Å². The van der Waals surface area contributed by atoms with Gasteiger partial charge in [0, 0.05) is 13.5 Å². The van der Waals surface area contributed by atoms with E-state index in [0.717, 1.165) is 6.07 Å². The van der Waals surface area contributed by atoms with E-state index in [4.69, 9.17) is 5.73 Å². The topological polar surface area (TPSA) is 93.5 Å². The molecule has 1 aromatic rings. The van der Waals surface area contributed by atoms with Crippen molar-refractivity contribution in [3.8, 4) is 0 Å². The molecule has 0 saturated carbocycles. The molecule has 0 atom stereocenters. The van der Waals surface area contributed by atoms with Gasteiger partial charge in [0.05, 0.1) is 11.4 Å². The number of amides is 2. The number of halogens is 1. The van der Waals surface area contributed by atoms with Crippen LogP contribution < -0.4 is 16.4 Å². The van der Waals surface area contributed by atoms with Crippen LogP contribution >= 0.6 is 0 Å². The fourth-order valence-corrected chi connectivity index (χ4v) is 1.52. The molecule has 20 heavy (non-hydrogen) atoms. The van der Waals surface area contributed by atoms with E-state index >= 15 is 0 Å². The number of carbonyl (C=O) groups excluding carboxylic acids is 2. The standard InChI is InChI=1S/C13H18FN3O3/c1-20-8-13(19)16-10-5-4-9(14)7-11(10)17-12(18)3-2-6-15/h4-5,7H,2-3,6,8,15H2,1H3,(H,16,19)(H,17,18). The normalized spacial score (nSPS) is 10.2. The van der Waals surface area contributed by atoms with Crippen LogP contribution in [0.5, 0.6) is 0 Å². The van der Waals surface area contributed by atoms with Gasteiger partial charge in [-0.3, -0.25) is 9.59 Å². The molecule has 2 amide bonds. The summed E-state index contributed by atoms with van der Waals surface area (Å²) in [5, 5.41) is 5.07. The molecule has 0 heterocycles. The number of anilines is 2. The highest BCUT2D eigenvalue weighted by Crippen LogP contribution is 2.23. The van der Waals surface area contributed by atoms with E-state index in [0.29, 0.717) is 18.7 Å². The van der Waals surface area contributed by atoms with E-state index in [1.54, 1.807) is 0 Å². The van der Waals surface area contributed by atoms with Crippen molar-refractivity contribution in [2.24, 2.45) is 5.73 Å². The van der Waals surface area contributed by atoms with E-state index in [9.17, 15) is 14.0 Å². The summed E-state index contributed by atoms with van der Waals surface area (Å²) in [6, 6.07) is 3.71. The monoisotopic (exact) mass is 283 g/mol. The molecule has 0 bridgehead atoms. The van der Waals surface area contributed by atoms with Crippen molar-refractivity contribution >= 4 is 23.2 Å². The lowest BCUT2D eigenvalue weighted by atomic mass is 10.2. The minimum atomic E-state index is -0.510. The van der Waals surface area contributed by atoms with Gasteiger partial charge < -0.3 is 21.1 Å². The van der Waals surface area contributed by atoms with Gasteiger partial charge in [-0.25, -0.2) is 4.39 Å². The maximum absolute atomic E-state index is 13.2. The third kappa shape index (κ3) is 5.33. The molecule has 1 rings (SSSR count). The maximum atomic E-state index is 13.2. The molecule has 0 aromatic heterocycles. The van der Waals surface area contributed by atoms with Gasteiger partial charge in [-0.15, -0.1) is 0 Å². The van der Waals surface area contributed by atoms with Crippen LogP contribution in [0.2, 0.25) is 0 Å². The quantitative estimate of drug-likeness (QED) is 0.698. The average molecular weight is 283 g/mol. The van der Waals surface area contributed by atoms with E-state index in [2.05, 4.69) is 15.4 Å². The summed E-state index contributed by atoms with van der Waals surface area (Å²) in [7, 11) is 1.39. The molecule has 0 aliphatic carbocycles. The van der Waals surface area contributed by atoms with Crippen LogP contribution in [0, 0.1) is 5.82 Å². The van der Waals surface area contributed by atoms with Crippen LogP contribution in [0.25, 0.3) is 0 Å². The van der Waals surface area contributed by atoms with E-state index in [-0.39, 0.29) is 24.6 Å². The molecule has 110 valence electrons. The van der Waals surface area contributed by atoms with Crippen LogP contribution in [0.4, 0.5) is 15.8 Å². The Morgan fingerprint density at radius 3 is 2.60 bits per heavy atom. The SMILES string of the molecule is COCC(=O)Nc1ccc(F)cc1NC(=O)CCCN. The number of benzene rings is 1. The first-order valence-electron chi connectivity index (χ1n) is 6.15. The molecule has 0 saturated heterocycles.